The third-order valence-electron chi connectivity index (χ3n) is 5.97. The predicted molar refractivity (Wildman–Crippen MR) is 132 cm³/mol. The molecule has 1 fully saturated rings. The maximum Gasteiger partial charge on any atom is 0.513 e. The Morgan fingerprint density at radius 1 is 0.944 bits per heavy atom. The van der Waals surface area contributed by atoms with Crippen molar-refractivity contribution in [1.82, 2.24) is 0 Å². The van der Waals surface area contributed by atoms with Gasteiger partial charge in [-0.2, -0.15) is 0 Å². The topological polar surface area (TPSA) is 107 Å². The van der Waals surface area contributed by atoms with Crippen molar-refractivity contribution < 1.29 is 42.8 Å². The van der Waals surface area contributed by atoms with Crippen molar-refractivity contribution in [3.05, 3.63) is 42.5 Å². The summed E-state index contributed by atoms with van der Waals surface area (Å²) in [5, 5.41) is 0. The summed E-state index contributed by atoms with van der Waals surface area (Å²) in [5.41, 5.74) is 0.408. The van der Waals surface area contributed by atoms with Gasteiger partial charge in [0.2, 0.25) is 0 Å². The molecule has 1 aromatic rings. The maximum absolute atomic E-state index is 12.7. The zero-order chi connectivity index (χ0) is 26.3. The standard InChI is InChI=1S/C27H38O9/c1-5-25(28)33-16-14-31-12-13-32-15-17-34-27(30)35-22-9-7-21(8-10-22)26(29)36-24-18-20(4)6-11-23(24)19(2)3/h5,7-10,19-20,23-24H,1,6,11-18H2,2-4H3. The van der Waals surface area contributed by atoms with Crippen molar-refractivity contribution in [3.63, 3.8) is 0 Å². The highest BCUT2D eigenvalue weighted by Gasteiger charge is 2.33. The molecule has 1 saturated carbocycles. The molecule has 200 valence electrons. The maximum atomic E-state index is 12.7. The Balaban J connectivity index is 1.62. The van der Waals surface area contributed by atoms with E-state index in [-0.39, 0.29) is 44.3 Å². The van der Waals surface area contributed by atoms with Gasteiger partial charge in [0, 0.05) is 6.08 Å². The van der Waals surface area contributed by atoms with E-state index >= 15 is 0 Å². The molecular formula is C27H38O9. The van der Waals surface area contributed by atoms with Crippen LogP contribution in [0.1, 0.15) is 50.4 Å². The Hall–Kier alpha value is -2.91. The molecule has 9 nitrogen and oxygen atoms in total. The fourth-order valence-corrected chi connectivity index (χ4v) is 4.01. The van der Waals surface area contributed by atoms with Crippen molar-refractivity contribution in [2.24, 2.45) is 17.8 Å². The Bertz CT molecular complexity index is 834. The lowest BCUT2D eigenvalue weighted by atomic mass is 9.75. The molecule has 0 aliphatic heterocycles. The summed E-state index contributed by atoms with van der Waals surface area (Å²) in [6.07, 6.45) is 3.24. The minimum atomic E-state index is -0.870. The zero-order valence-electron chi connectivity index (χ0n) is 21.4. The quantitative estimate of drug-likeness (QED) is 0.118. The molecule has 0 amide bonds. The van der Waals surface area contributed by atoms with E-state index in [1.54, 1.807) is 12.1 Å². The molecule has 36 heavy (non-hydrogen) atoms. The van der Waals surface area contributed by atoms with Crippen LogP contribution in [-0.2, 0) is 28.5 Å². The van der Waals surface area contributed by atoms with Crippen molar-refractivity contribution in [3.8, 4) is 5.75 Å². The van der Waals surface area contributed by atoms with E-state index in [1.807, 2.05) is 0 Å². The fraction of sp³-hybridized carbons (Fsp3) is 0.593. The van der Waals surface area contributed by atoms with Gasteiger partial charge in [0.25, 0.3) is 0 Å². The summed E-state index contributed by atoms with van der Waals surface area (Å²) in [7, 11) is 0. The molecule has 0 radical (unpaired) electrons. The minimum absolute atomic E-state index is 0.0109. The van der Waals surface area contributed by atoms with Gasteiger partial charge < -0.3 is 28.4 Å². The van der Waals surface area contributed by atoms with Gasteiger partial charge >= 0.3 is 18.1 Å². The summed E-state index contributed by atoms with van der Waals surface area (Å²) in [5.74, 6) is 0.756. The Morgan fingerprint density at radius 2 is 1.56 bits per heavy atom. The van der Waals surface area contributed by atoms with Gasteiger partial charge in [-0.15, -0.1) is 0 Å². The minimum Gasteiger partial charge on any atom is -0.460 e. The molecule has 1 aromatic carbocycles. The highest BCUT2D eigenvalue weighted by molar-refractivity contribution is 5.89. The van der Waals surface area contributed by atoms with Gasteiger partial charge in [0.15, 0.2) is 0 Å². The molecule has 1 aliphatic rings. The SMILES string of the molecule is C=CC(=O)OCCOCCOCCOC(=O)Oc1ccc(C(=O)OC2CC(C)CCC2C(C)C)cc1. The molecule has 0 aromatic heterocycles. The number of carbonyl (C=O) groups excluding carboxylic acids is 3. The summed E-state index contributed by atoms with van der Waals surface area (Å²) >= 11 is 0. The average molecular weight is 507 g/mol. The highest BCUT2D eigenvalue weighted by atomic mass is 16.7. The molecule has 3 unspecified atom stereocenters. The summed E-state index contributed by atoms with van der Waals surface area (Å²) in [6, 6.07) is 6.20. The van der Waals surface area contributed by atoms with E-state index in [0.717, 1.165) is 25.3 Å². The number of benzene rings is 1. The van der Waals surface area contributed by atoms with E-state index in [4.69, 9.17) is 28.4 Å². The summed E-state index contributed by atoms with van der Waals surface area (Å²) in [6.45, 7) is 11.0. The van der Waals surface area contributed by atoms with Crippen LogP contribution in [0.25, 0.3) is 0 Å². The molecule has 2 rings (SSSR count). The molecule has 0 saturated heterocycles. The second kappa shape index (κ2) is 16.0. The summed E-state index contributed by atoms with van der Waals surface area (Å²) < 4.78 is 31.2. The molecule has 0 heterocycles. The average Bonchev–Trinajstić information content (AvgIpc) is 2.85. The van der Waals surface area contributed by atoms with Crippen LogP contribution in [-0.4, -0.2) is 63.8 Å². The van der Waals surface area contributed by atoms with Crippen LogP contribution < -0.4 is 4.74 Å². The van der Waals surface area contributed by atoms with Crippen LogP contribution >= 0.6 is 0 Å². The second-order valence-corrected chi connectivity index (χ2v) is 9.09. The number of carbonyl (C=O) groups is 3. The summed E-state index contributed by atoms with van der Waals surface area (Å²) in [4.78, 5) is 35.4. The first-order valence-electron chi connectivity index (χ1n) is 12.4. The lowest BCUT2D eigenvalue weighted by molar-refractivity contribution is -0.139. The van der Waals surface area contributed by atoms with E-state index in [2.05, 4.69) is 27.4 Å². The molecule has 0 bridgehead atoms. The molecule has 3 atom stereocenters. The first-order valence-corrected chi connectivity index (χ1v) is 12.4. The highest BCUT2D eigenvalue weighted by Crippen LogP contribution is 2.35. The van der Waals surface area contributed by atoms with E-state index < -0.39 is 12.1 Å². The number of hydrogen-bond donors (Lipinski definition) is 0. The molecule has 0 N–H and O–H groups in total. The Labute approximate surface area is 213 Å². The fourth-order valence-electron chi connectivity index (χ4n) is 4.01. The first kappa shape index (κ1) is 29.3. The largest absolute Gasteiger partial charge is 0.513 e. The van der Waals surface area contributed by atoms with Crippen molar-refractivity contribution in [1.29, 1.82) is 0 Å². The second-order valence-electron chi connectivity index (χ2n) is 9.09. The van der Waals surface area contributed by atoms with Crippen molar-refractivity contribution in [2.75, 3.05) is 39.6 Å². The van der Waals surface area contributed by atoms with Gasteiger partial charge in [0.1, 0.15) is 25.1 Å². The first-order chi connectivity index (χ1) is 17.3. The number of esters is 2. The van der Waals surface area contributed by atoms with E-state index in [9.17, 15) is 14.4 Å². The molecular weight excluding hydrogens is 468 g/mol. The van der Waals surface area contributed by atoms with Crippen LogP contribution in [0.3, 0.4) is 0 Å². The predicted octanol–water partition coefficient (Wildman–Crippen LogP) is 4.58. The normalized spacial score (nSPS) is 19.4. The van der Waals surface area contributed by atoms with Crippen LogP contribution in [0.4, 0.5) is 4.79 Å². The molecule has 9 heteroatoms. The lowest BCUT2D eigenvalue weighted by Crippen LogP contribution is -2.35. The molecule has 0 spiro atoms. The number of rotatable bonds is 14. The monoisotopic (exact) mass is 506 g/mol. The van der Waals surface area contributed by atoms with E-state index in [0.29, 0.717) is 36.5 Å². The Kier molecular flexibility index (Phi) is 13.0. The van der Waals surface area contributed by atoms with Gasteiger partial charge in [0.05, 0.1) is 32.0 Å². The van der Waals surface area contributed by atoms with Gasteiger partial charge in [-0.1, -0.05) is 33.8 Å². The zero-order valence-corrected chi connectivity index (χ0v) is 21.4. The smallest absolute Gasteiger partial charge is 0.460 e. The lowest BCUT2D eigenvalue weighted by Gasteiger charge is -2.36. The third-order valence-corrected chi connectivity index (χ3v) is 5.97. The van der Waals surface area contributed by atoms with E-state index in [1.165, 1.54) is 12.1 Å². The van der Waals surface area contributed by atoms with Crippen molar-refractivity contribution >= 4 is 18.1 Å². The van der Waals surface area contributed by atoms with Gasteiger partial charge in [-0.05, 0) is 54.9 Å². The van der Waals surface area contributed by atoms with Crippen LogP contribution in [0, 0.1) is 17.8 Å². The van der Waals surface area contributed by atoms with Crippen LogP contribution in [0.2, 0.25) is 0 Å². The Morgan fingerprint density at radius 3 is 2.17 bits per heavy atom. The van der Waals surface area contributed by atoms with Crippen LogP contribution in [0.15, 0.2) is 36.9 Å². The van der Waals surface area contributed by atoms with Crippen molar-refractivity contribution in [2.45, 2.75) is 46.1 Å². The third kappa shape index (κ3) is 10.8. The molecule has 1 aliphatic carbocycles. The van der Waals surface area contributed by atoms with Gasteiger partial charge in [-0.3, -0.25) is 0 Å². The number of hydrogen-bond acceptors (Lipinski definition) is 9. The van der Waals surface area contributed by atoms with Gasteiger partial charge in [-0.25, -0.2) is 14.4 Å². The van der Waals surface area contributed by atoms with Crippen LogP contribution in [0.5, 0.6) is 5.75 Å². The number of ether oxygens (including phenoxy) is 6.